The van der Waals surface area contributed by atoms with Crippen LogP contribution in [0.5, 0.6) is 0 Å². The van der Waals surface area contributed by atoms with Crippen molar-refractivity contribution in [3.05, 3.63) is 21.3 Å². The van der Waals surface area contributed by atoms with Gasteiger partial charge in [0.05, 0.1) is 17.0 Å². The molecule has 1 saturated heterocycles. The Labute approximate surface area is 140 Å². The van der Waals surface area contributed by atoms with Crippen molar-refractivity contribution in [3.8, 4) is 0 Å². The summed E-state index contributed by atoms with van der Waals surface area (Å²) in [5.74, 6) is -0.808. The van der Waals surface area contributed by atoms with Crippen LogP contribution in [0.15, 0.2) is 12.1 Å². The van der Waals surface area contributed by atoms with E-state index in [1.54, 1.807) is 11.3 Å². The van der Waals surface area contributed by atoms with E-state index < -0.39 is 11.6 Å². The topological polar surface area (TPSA) is 59.1 Å². The predicted molar refractivity (Wildman–Crippen MR) is 87.6 cm³/mol. The van der Waals surface area contributed by atoms with E-state index in [-0.39, 0.29) is 6.10 Å². The number of rotatable bonds is 11. The van der Waals surface area contributed by atoms with Crippen LogP contribution in [0.1, 0.15) is 50.3 Å². The summed E-state index contributed by atoms with van der Waals surface area (Å²) in [5.41, 5.74) is -0.885. The lowest BCUT2D eigenvalue weighted by atomic mass is 9.96. The van der Waals surface area contributed by atoms with Crippen molar-refractivity contribution in [2.75, 3.05) is 6.61 Å². The van der Waals surface area contributed by atoms with Gasteiger partial charge in [0.1, 0.15) is 0 Å². The third-order valence-electron chi connectivity index (χ3n) is 4.01. The second kappa shape index (κ2) is 8.29. The minimum atomic E-state index is -0.885. The lowest BCUT2D eigenvalue weighted by Gasteiger charge is -2.07. The Balaban J connectivity index is 1.49. The van der Waals surface area contributed by atoms with Crippen molar-refractivity contribution >= 4 is 28.9 Å². The van der Waals surface area contributed by atoms with Crippen LogP contribution in [-0.2, 0) is 20.9 Å². The third-order valence-corrected chi connectivity index (χ3v) is 5.21. The molecule has 2 unspecified atom stereocenters. The summed E-state index contributed by atoms with van der Waals surface area (Å²) in [6.07, 6.45) is 5.26. The Morgan fingerprint density at radius 1 is 1.41 bits per heavy atom. The molecule has 0 aromatic carbocycles. The quantitative estimate of drug-likeness (QED) is 0.473. The second-order valence-electron chi connectivity index (χ2n) is 5.63. The van der Waals surface area contributed by atoms with Gasteiger partial charge in [0, 0.05) is 11.5 Å². The van der Waals surface area contributed by atoms with E-state index in [1.807, 2.05) is 19.1 Å². The van der Waals surface area contributed by atoms with Crippen LogP contribution >= 0.6 is 22.9 Å². The maximum absolute atomic E-state index is 11.2. The SMILES string of the molecule is CCC1OC1(CCCCCCOCc1ccc(Cl)s1)C(=O)O. The van der Waals surface area contributed by atoms with E-state index >= 15 is 0 Å². The number of ether oxygens (including phenoxy) is 2. The standard InChI is InChI=1S/C16H23ClO4S/c1-2-13-16(21-13,15(18)19)9-5-3-4-6-10-20-11-12-7-8-14(17)22-12/h7-8,13H,2-6,9-11H2,1H3,(H,18,19). The van der Waals surface area contributed by atoms with Crippen molar-refractivity contribution < 1.29 is 19.4 Å². The molecule has 0 bridgehead atoms. The molecule has 0 aliphatic carbocycles. The molecule has 4 nitrogen and oxygen atoms in total. The fourth-order valence-electron chi connectivity index (χ4n) is 2.70. The van der Waals surface area contributed by atoms with Crippen LogP contribution in [0.3, 0.4) is 0 Å². The average molecular weight is 347 g/mol. The largest absolute Gasteiger partial charge is 0.479 e. The third kappa shape index (κ3) is 4.69. The van der Waals surface area contributed by atoms with Gasteiger partial charge in [-0.05, 0) is 37.8 Å². The van der Waals surface area contributed by atoms with Crippen LogP contribution in [0.4, 0.5) is 0 Å². The molecule has 22 heavy (non-hydrogen) atoms. The number of hydrogen-bond donors (Lipinski definition) is 1. The highest BCUT2D eigenvalue weighted by atomic mass is 35.5. The molecule has 1 aliphatic rings. The van der Waals surface area contributed by atoms with Gasteiger partial charge in [-0.25, -0.2) is 4.79 Å². The Kier molecular flexibility index (Phi) is 6.68. The first-order valence-electron chi connectivity index (χ1n) is 7.81. The fourth-order valence-corrected chi connectivity index (χ4v) is 3.72. The smallest absolute Gasteiger partial charge is 0.338 e. The van der Waals surface area contributed by atoms with Gasteiger partial charge < -0.3 is 14.6 Å². The van der Waals surface area contributed by atoms with Gasteiger partial charge in [-0.3, -0.25) is 0 Å². The number of thiophene rings is 1. The Bertz CT molecular complexity index is 490. The minimum absolute atomic E-state index is 0.0917. The lowest BCUT2D eigenvalue weighted by Crippen LogP contribution is -2.26. The highest BCUT2D eigenvalue weighted by molar-refractivity contribution is 7.16. The highest BCUT2D eigenvalue weighted by Crippen LogP contribution is 2.43. The molecule has 2 atom stereocenters. The Hall–Kier alpha value is -0.620. The van der Waals surface area contributed by atoms with Crippen molar-refractivity contribution in [3.63, 3.8) is 0 Å². The number of epoxide rings is 1. The summed E-state index contributed by atoms with van der Waals surface area (Å²) < 4.78 is 11.8. The Morgan fingerprint density at radius 3 is 2.77 bits per heavy atom. The zero-order valence-corrected chi connectivity index (χ0v) is 14.4. The van der Waals surface area contributed by atoms with Crippen LogP contribution < -0.4 is 0 Å². The number of halogens is 1. The molecule has 6 heteroatoms. The number of carboxylic acids is 1. The molecule has 2 heterocycles. The van der Waals surface area contributed by atoms with Crippen molar-refractivity contribution in [1.29, 1.82) is 0 Å². The minimum Gasteiger partial charge on any atom is -0.479 e. The molecule has 0 amide bonds. The van der Waals surface area contributed by atoms with E-state index in [0.29, 0.717) is 13.0 Å². The number of aliphatic carboxylic acids is 1. The molecule has 2 rings (SSSR count). The second-order valence-corrected chi connectivity index (χ2v) is 7.43. The normalized spacial score (nSPS) is 23.6. The Morgan fingerprint density at radius 2 is 2.18 bits per heavy atom. The van der Waals surface area contributed by atoms with E-state index in [0.717, 1.165) is 47.9 Å². The molecule has 0 saturated carbocycles. The van der Waals surface area contributed by atoms with Gasteiger partial charge in [-0.15, -0.1) is 11.3 Å². The van der Waals surface area contributed by atoms with Crippen molar-refractivity contribution in [1.82, 2.24) is 0 Å². The molecule has 0 spiro atoms. The van der Waals surface area contributed by atoms with Gasteiger partial charge in [-0.1, -0.05) is 31.4 Å². The summed E-state index contributed by atoms with van der Waals surface area (Å²) in [6.45, 7) is 3.31. The number of unbranched alkanes of at least 4 members (excludes halogenated alkanes) is 3. The molecule has 124 valence electrons. The maximum atomic E-state index is 11.2. The monoisotopic (exact) mass is 346 g/mol. The summed E-state index contributed by atoms with van der Waals surface area (Å²) >= 11 is 7.40. The summed E-state index contributed by atoms with van der Waals surface area (Å²) in [6, 6.07) is 3.87. The fraction of sp³-hybridized carbons (Fsp3) is 0.688. The van der Waals surface area contributed by atoms with Crippen LogP contribution in [0.2, 0.25) is 4.34 Å². The molecule has 1 aromatic heterocycles. The van der Waals surface area contributed by atoms with E-state index in [2.05, 4.69) is 0 Å². The predicted octanol–water partition coefficient (Wildman–Crippen LogP) is 4.50. The highest BCUT2D eigenvalue weighted by Gasteiger charge is 2.61. The van der Waals surface area contributed by atoms with Gasteiger partial charge in [0.25, 0.3) is 0 Å². The van der Waals surface area contributed by atoms with E-state index in [1.165, 1.54) is 0 Å². The first-order valence-corrected chi connectivity index (χ1v) is 9.01. The van der Waals surface area contributed by atoms with Crippen molar-refractivity contribution in [2.24, 2.45) is 0 Å². The summed E-state index contributed by atoms with van der Waals surface area (Å²) in [5, 5.41) is 9.23. The molecular weight excluding hydrogens is 324 g/mol. The first-order chi connectivity index (χ1) is 10.6. The zero-order chi connectivity index (χ0) is 16.0. The van der Waals surface area contributed by atoms with Crippen molar-refractivity contribution in [2.45, 2.75) is 63.8 Å². The zero-order valence-electron chi connectivity index (χ0n) is 12.8. The molecule has 0 radical (unpaired) electrons. The average Bonchev–Trinajstić information content (AvgIpc) is 3.08. The van der Waals surface area contributed by atoms with Gasteiger partial charge in [0.2, 0.25) is 0 Å². The molecule has 1 fully saturated rings. The number of carboxylic acid groups (broad SMARTS) is 1. The summed E-state index contributed by atoms with van der Waals surface area (Å²) in [7, 11) is 0. The van der Waals surface area contributed by atoms with Crippen LogP contribution in [0.25, 0.3) is 0 Å². The number of hydrogen-bond acceptors (Lipinski definition) is 4. The van der Waals surface area contributed by atoms with Crippen LogP contribution in [0, 0.1) is 0 Å². The van der Waals surface area contributed by atoms with E-state index in [9.17, 15) is 9.90 Å². The van der Waals surface area contributed by atoms with Gasteiger partial charge in [0.15, 0.2) is 5.60 Å². The summed E-state index contributed by atoms with van der Waals surface area (Å²) in [4.78, 5) is 12.4. The molecular formula is C16H23ClO4S. The first kappa shape index (κ1) is 17.7. The lowest BCUT2D eigenvalue weighted by molar-refractivity contribution is -0.143. The van der Waals surface area contributed by atoms with E-state index in [4.69, 9.17) is 21.1 Å². The van der Waals surface area contributed by atoms with Crippen LogP contribution in [-0.4, -0.2) is 29.4 Å². The van der Waals surface area contributed by atoms with Gasteiger partial charge in [-0.2, -0.15) is 0 Å². The number of carbonyl (C=O) groups is 1. The molecule has 1 aromatic rings. The maximum Gasteiger partial charge on any atom is 0.338 e. The van der Waals surface area contributed by atoms with Gasteiger partial charge >= 0.3 is 5.97 Å². The molecule has 1 N–H and O–H groups in total. The molecule has 1 aliphatic heterocycles.